The Morgan fingerprint density at radius 3 is 2.52 bits per heavy atom. The van der Waals surface area contributed by atoms with Crippen LogP contribution in [0.2, 0.25) is 0 Å². The number of guanidine groups is 1. The van der Waals surface area contributed by atoms with Gasteiger partial charge in [-0.3, -0.25) is 9.89 Å². The van der Waals surface area contributed by atoms with Gasteiger partial charge < -0.3 is 20.1 Å². The lowest BCUT2D eigenvalue weighted by Gasteiger charge is -2.31. The fraction of sp³-hybridized carbons (Fsp3) is 0.650. The van der Waals surface area contributed by atoms with Gasteiger partial charge in [0.1, 0.15) is 12.4 Å². The van der Waals surface area contributed by atoms with Gasteiger partial charge in [-0.05, 0) is 38.8 Å². The van der Waals surface area contributed by atoms with E-state index in [-0.39, 0.29) is 24.0 Å². The van der Waals surface area contributed by atoms with Crippen molar-refractivity contribution in [3.05, 3.63) is 29.3 Å². The lowest BCUT2D eigenvalue weighted by atomic mass is 10.1. The first-order valence-corrected chi connectivity index (χ1v) is 9.64. The first kappa shape index (κ1) is 24.0. The Hall–Kier alpha value is -1.06. The molecular weight excluding hydrogens is 455 g/mol. The Kier molecular flexibility index (Phi) is 11.7. The standard InChI is InChI=1S/C20H34N4O2.HI/c1-5-21-20(23-15-18(4)24-10-13-25-14-11-24)22-9-12-26-19-16(2)7-6-8-17(19)3;/h6-8,18H,5,9-15H2,1-4H3,(H2,21,22,23);1H. The number of aliphatic imine (C=N–C) groups is 1. The summed E-state index contributed by atoms with van der Waals surface area (Å²) < 4.78 is 11.4. The van der Waals surface area contributed by atoms with Crippen LogP contribution in [0.3, 0.4) is 0 Å². The second-order valence-electron chi connectivity index (χ2n) is 6.71. The summed E-state index contributed by atoms with van der Waals surface area (Å²) in [4.78, 5) is 7.16. The van der Waals surface area contributed by atoms with Crippen LogP contribution in [0.4, 0.5) is 0 Å². The van der Waals surface area contributed by atoms with Gasteiger partial charge in [0.2, 0.25) is 0 Å². The molecule has 27 heavy (non-hydrogen) atoms. The summed E-state index contributed by atoms with van der Waals surface area (Å²) in [5.41, 5.74) is 2.34. The van der Waals surface area contributed by atoms with Crippen LogP contribution in [-0.2, 0) is 4.74 Å². The van der Waals surface area contributed by atoms with E-state index in [4.69, 9.17) is 14.5 Å². The lowest BCUT2D eigenvalue weighted by molar-refractivity contribution is 0.0220. The van der Waals surface area contributed by atoms with Gasteiger partial charge in [0.15, 0.2) is 5.96 Å². The van der Waals surface area contributed by atoms with E-state index in [1.165, 1.54) is 11.1 Å². The largest absolute Gasteiger partial charge is 0.491 e. The van der Waals surface area contributed by atoms with E-state index in [1.54, 1.807) is 0 Å². The molecule has 1 aromatic carbocycles. The maximum atomic E-state index is 5.95. The van der Waals surface area contributed by atoms with Crippen molar-refractivity contribution in [2.45, 2.75) is 33.7 Å². The van der Waals surface area contributed by atoms with Crippen molar-refractivity contribution < 1.29 is 9.47 Å². The maximum absolute atomic E-state index is 5.95. The summed E-state index contributed by atoms with van der Waals surface area (Å²) in [7, 11) is 0. The molecule has 1 unspecified atom stereocenters. The predicted molar refractivity (Wildman–Crippen MR) is 123 cm³/mol. The van der Waals surface area contributed by atoms with Gasteiger partial charge in [0.25, 0.3) is 0 Å². The lowest BCUT2D eigenvalue weighted by Crippen LogP contribution is -2.45. The van der Waals surface area contributed by atoms with E-state index in [9.17, 15) is 0 Å². The summed E-state index contributed by atoms with van der Waals surface area (Å²) in [6.45, 7) is 15.0. The van der Waals surface area contributed by atoms with E-state index in [2.05, 4.69) is 61.4 Å². The molecule has 0 aliphatic carbocycles. The molecule has 0 spiro atoms. The predicted octanol–water partition coefficient (Wildman–Crippen LogP) is 2.58. The number of hydrogen-bond acceptors (Lipinski definition) is 4. The zero-order chi connectivity index (χ0) is 18.8. The number of benzene rings is 1. The van der Waals surface area contributed by atoms with Crippen molar-refractivity contribution >= 4 is 29.9 Å². The van der Waals surface area contributed by atoms with Crippen molar-refractivity contribution in [2.75, 3.05) is 52.5 Å². The first-order valence-electron chi connectivity index (χ1n) is 9.64. The van der Waals surface area contributed by atoms with Crippen molar-refractivity contribution in [2.24, 2.45) is 4.99 Å². The number of para-hydroxylation sites is 1. The number of ether oxygens (including phenoxy) is 2. The quantitative estimate of drug-likeness (QED) is 0.254. The summed E-state index contributed by atoms with van der Waals surface area (Å²) in [5.74, 6) is 1.83. The second kappa shape index (κ2) is 13.2. The minimum Gasteiger partial charge on any atom is -0.491 e. The summed E-state index contributed by atoms with van der Waals surface area (Å²) >= 11 is 0. The smallest absolute Gasteiger partial charge is 0.191 e. The molecule has 1 aliphatic rings. The third-order valence-corrected chi connectivity index (χ3v) is 4.58. The van der Waals surface area contributed by atoms with Crippen LogP contribution < -0.4 is 15.4 Å². The average Bonchev–Trinajstić information content (AvgIpc) is 2.65. The highest BCUT2D eigenvalue weighted by molar-refractivity contribution is 14.0. The molecule has 2 N–H and O–H groups in total. The van der Waals surface area contributed by atoms with Gasteiger partial charge in [-0.25, -0.2) is 0 Å². The molecule has 6 nitrogen and oxygen atoms in total. The van der Waals surface area contributed by atoms with E-state index in [1.807, 2.05) is 0 Å². The molecule has 0 saturated carbocycles. The van der Waals surface area contributed by atoms with Gasteiger partial charge in [-0.15, -0.1) is 24.0 Å². The molecule has 0 amide bonds. The molecule has 1 atom stereocenters. The van der Waals surface area contributed by atoms with Gasteiger partial charge in [0, 0.05) is 25.7 Å². The molecule has 0 bridgehead atoms. The molecule has 1 aromatic rings. The minimum atomic E-state index is 0. The zero-order valence-electron chi connectivity index (χ0n) is 17.1. The normalized spacial score (nSPS) is 16.4. The van der Waals surface area contributed by atoms with Crippen molar-refractivity contribution in [3.8, 4) is 5.75 Å². The zero-order valence-corrected chi connectivity index (χ0v) is 19.4. The number of rotatable bonds is 8. The van der Waals surface area contributed by atoms with Gasteiger partial charge in [0.05, 0.1) is 26.3 Å². The third-order valence-electron chi connectivity index (χ3n) is 4.58. The van der Waals surface area contributed by atoms with E-state index < -0.39 is 0 Å². The SMILES string of the molecule is CCNC(=NCC(C)N1CCOCC1)NCCOc1c(C)cccc1C.I. The van der Waals surface area contributed by atoms with Crippen molar-refractivity contribution in [1.82, 2.24) is 15.5 Å². The van der Waals surface area contributed by atoms with E-state index >= 15 is 0 Å². The van der Waals surface area contributed by atoms with Crippen molar-refractivity contribution in [3.63, 3.8) is 0 Å². The number of aryl methyl sites for hydroxylation is 2. The second-order valence-corrected chi connectivity index (χ2v) is 6.71. The molecule has 1 heterocycles. The third kappa shape index (κ3) is 8.23. The Morgan fingerprint density at radius 2 is 1.89 bits per heavy atom. The molecular formula is C20H35IN4O2. The topological polar surface area (TPSA) is 58.1 Å². The first-order chi connectivity index (χ1) is 12.6. The highest BCUT2D eigenvalue weighted by Crippen LogP contribution is 2.21. The molecule has 2 rings (SSSR count). The van der Waals surface area contributed by atoms with Gasteiger partial charge >= 0.3 is 0 Å². The van der Waals surface area contributed by atoms with Gasteiger partial charge in [-0.1, -0.05) is 18.2 Å². The molecule has 7 heteroatoms. The van der Waals surface area contributed by atoms with Crippen LogP contribution in [0.25, 0.3) is 0 Å². The van der Waals surface area contributed by atoms with Gasteiger partial charge in [-0.2, -0.15) is 0 Å². The summed E-state index contributed by atoms with van der Waals surface area (Å²) in [6, 6.07) is 6.63. The number of hydrogen-bond donors (Lipinski definition) is 2. The highest BCUT2D eigenvalue weighted by atomic mass is 127. The number of nitrogens with one attached hydrogen (secondary N) is 2. The van der Waals surface area contributed by atoms with E-state index in [0.29, 0.717) is 19.2 Å². The van der Waals surface area contributed by atoms with Crippen LogP contribution in [0, 0.1) is 13.8 Å². The minimum absolute atomic E-state index is 0. The van der Waals surface area contributed by atoms with Crippen LogP contribution in [0.1, 0.15) is 25.0 Å². The fourth-order valence-corrected chi connectivity index (χ4v) is 3.05. The number of halogens is 1. The monoisotopic (exact) mass is 490 g/mol. The molecule has 0 aromatic heterocycles. The number of morpholine rings is 1. The Morgan fingerprint density at radius 1 is 1.22 bits per heavy atom. The van der Waals surface area contributed by atoms with Crippen molar-refractivity contribution in [1.29, 1.82) is 0 Å². The van der Waals surface area contributed by atoms with E-state index in [0.717, 1.165) is 51.1 Å². The summed E-state index contributed by atoms with van der Waals surface area (Å²) in [6.07, 6.45) is 0. The molecule has 1 aliphatic heterocycles. The Balaban J connectivity index is 0.00000364. The highest BCUT2D eigenvalue weighted by Gasteiger charge is 2.16. The number of nitrogens with zero attached hydrogens (tertiary/aromatic N) is 2. The molecule has 154 valence electrons. The van der Waals surface area contributed by atoms with Crippen LogP contribution in [-0.4, -0.2) is 69.4 Å². The average molecular weight is 490 g/mol. The Bertz CT molecular complexity index is 557. The fourth-order valence-electron chi connectivity index (χ4n) is 3.05. The van der Waals surface area contributed by atoms with Crippen LogP contribution in [0.5, 0.6) is 5.75 Å². The molecule has 0 radical (unpaired) electrons. The Labute approximate surface area is 181 Å². The maximum Gasteiger partial charge on any atom is 0.191 e. The molecule has 1 fully saturated rings. The van der Waals surface area contributed by atoms with Crippen LogP contribution >= 0.6 is 24.0 Å². The summed E-state index contributed by atoms with van der Waals surface area (Å²) in [5, 5.41) is 6.66. The van der Waals surface area contributed by atoms with Crippen LogP contribution in [0.15, 0.2) is 23.2 Å². The molecule has 1 saturated heterocycles.